The second-order valence-corrected chi connectivity index (χ2v) is 5.75. The lowest BCUT2D eigenvalue weighted by Gasteiger charge is -2.26. The number of hydrogen-bond donors (Lipinski definition) is 2. The molecule has 0 unspecified atom stereocenters. The molecule has 0 radical (unpaired) electrons. The molecule has 126 valence electrons. The maximum Gasteiger partial charge on any atom is 0.277 e. The largest absolute Gasteiger partial charge is 0.395 e. The zero-order valence-electron chi connectivity index (χ0n) is 13.2. The molecule has 0 atom stereocenters. The first-order valence-electron chi connectivity index (χ1n) is 7.96. The normalized spacial score (nSPS) is 18.2. The highest BCUT2D eigenvalue weighted by molar-refractivity contribution is 6.17. The Morgan fingerprint density at radius 3 is 2.50 bits per heavy atom. The molecular weight excluding hydrogens is 310 g/mol. The van der Waals surface area contributed by atoms with Crippen LogP contribution in [-0.4, -0.2) is 47.4 Å². The van der Waals surface area contributed by atoms with Crippen molar-refractivity contribution in [1.29, 1.82) is 0 Å². The van der Waals surface area contributed by atoms with Gasteiger partial charge < -0.3 is 15.3 Å². The number of rotatable bonds is 5. The second kappa shape index (κ2) is 6.84. The molecule has 3 rings (SSSR count). The van der Waals surface area contributed by atoms with Gasteiger partial charge in [0.15, 0.2) is 0 Å². The van der Waals surface area contributed by atoms with Crippen molar-refractivity contribution < 1.29 is 19.5 Å². The fraction of sp³-hybridized carbons (Fsp3) is 0.353. The van der Waals surface area contributed by atoms with E-state index in [4.69, 9.17) is 5.11 Å². The molecular formula is C17H19N3O4. The summed E-state index contributed by atoms with van der Waals surface area (Å²) in [6.07, 6.45) is 3.73. The van der Waals surface area contributed by atoms with Gasteiger partial charge in [-0.3, -0.25) is 19.3 Å². The third-order valence-electron chi connectivity index (χ3n) is 4.11. The van der Waals surface area contributed by atoms with E-state index in [2.05, 4.69) is 5.32 Å². The van der Waals surface area contributed by atoms with Gasteiger partial charge in [0.05, 0.1) is 13.2 Å². The molecule has 0 saturated carbocycles. The number of β-amino-alcohol motifs (C(OH)–C–C–N with tert-alkyl or cyclic N) is 1. The summed E-state index contributed by atoms with van der Waals surface area (Å²) in [5.41, 5.74) is 1.66. The van der Waals surface area contributed by atoms with Gasteiger partial charge in [0.2, 0.25) is 5.91 Å². The maximum atomic E-state index is 12.1. The first kappa shape index (κ1) is 16.2. The van der Waals surface area contributed by atoms with Gasteiger partial charge in [-0.05, 0) is 37.1 Å². The number of anilines is 2. The Morgan fingerprint density at radius 1 is 1.08 bits per heavy atom. The second-order valence-electron chi connectivity index (χ2n) is 5.75. The van der Waals surface area contributed by atoms with Gasteiger partial charge in [-0.2, -0.15) is 0 Å². The quantitative estimate of drug-likeness (QED) is 0.782. The van der Waals surface area contributed by atoms with Crippen LogP contribution in [0.1, 0.15) is 19.3 Å². The van der Waals surface area contributed by atoms with Crippen LogP contribution in [0.5, 0.6) is 0 Å². The summed E-state index contributed by atoms with van der Waals surface area (Å²) in [5, 5.41) is 11.8. The van der Waals surface area contributed by atoms with Gasteiger partial charge in [-0.1, -0.05) is 0 Å². The van der Waals surface area contributed by atoms with Crippen LogP contribution < -0.4 is 10.2 Å². The Labute approximate surface area is 139 Å². The van der Waals surface area contributed by atoms with E-state index in [1.54, 1.807) is 17.0 Å². The molecule has 7 heteroatoms. The SMILES string of the molecule is O=C1C=C(Nc2ccc(N3CCCCC3=O)cc2)C(=O)N1CCO. The number of carbonyl (C=O) groups is 3. The summed E-state index contributed by atoms with van der Waals surface area (Å²) in [6.45, 7) is 0.437. The van der Waals surface area contributed by atoms with Crippen molar-refractivity contribution in [1.82, 2.24) is 4.90 Å². The molecule has 0 aromatic heterocycles. The van der Waals surface area contributed by atoms with E-state index in [0.717, 1.165) is 30.0 Å². The van der Waals surface area contributed by atoms with Crippen LogP contribution >= 0.6 is 0 Å². The highest BCUT2D eigenvalue weighted by atomic mass is 16.3. The summed E-state index contributed by atoms with van der Waals surface area (Å²) in [4.78, 5) is 38.5. The minimum absolute atomic E-state index is 0.0185. The predicted molar refractivity (Wildman–Crippen MR) is 88.2 cm³/mol. The predicted octanol–water partition coefficient (Wildman–Crippen LogP) is 0.860. The van der Waals surface area contributed by atoms with E-state index < -0.39 is 11.8 Å². The monoisotopic (exact) mass is 329 g/mol. The van der Waals surface area contributed by atoms with Crippen molar-refractivity contribution in [2.45, 2.75) is 19.3 Å². The van der Waals surface area contributed by atoms with Gasteiger partial charge in [0.25, 0.3) is 11.8 Å². The van der Waals surface area contributed by atoms with Crippen molar-refractivity contribution >= 4 is 29.1 Å². The Hall–Kier alpha value is -2.67. The number of aliphatic hydroxyl groups is 1. The number of nitrogens with zero attached hydrogens (tertiary/aromatic N) is 2. The third-order valence-corrected chi connectivity index (χ3v) is 4.11. The van der Waals surface area contributed by atoms with Crippen molar-refractivity contribution in [3.05, 3.63) is 36.0 Å². The van der Waals surface area contributed by atoms with Crippen LogP contribution in [0, 0.1) is 0 Å². The Kier molecular flexibility index (Phi) is 4.61. The van der Waals surface area contributed by atoms with E-state index in [9.17, 15) is 14.4 Å². The average Bonchev–Trinajstić information content (AvgIpc) is 2.84. The Morgan fingerprint density at radius 2 is 1.83 bits per heavy atom. The van der Waals surface area contributed by atoms with Crippen LogP contribution in [0.2, 0.25) is 0 Å². The number of carbonyl (C=O) groups excluding carboxylic acids is 3. The van der Waals surface area contributed by atoms with Crippen LogP contribution in [-0.2, 0) is 14.4 Å². The molecule has 1 saturated heterocycles. The first-order chi connectivity index (χ1) is 11.6. The third kappa shape index (κ3) is 3.16. The molecule has 2 aliphatic heterocycles. The number of nitrogens with one attached hydrogen (secondary N) is 1. The lowest BCUT2D eigenvalue weighted by atomic mass is 10.1. The van der Waals surface area contributed by atoms with E-state index in [1.165, 1.54) is 6.08 Å². The minimum Gasteiger partial charge on any atom is -0.395 e. The van der Waals surface area contributed by atoms with Crippen LogP contribution in [0.4, 0.5) is 11.4 Å². The van der Waals surface area contributed by atoms with Gasteiger partial charge in [-0.15, -0.1) is 0 Å². The van der Waals surface area contributed by atoms with Crippen molar-refractivity contribution in [2.24, 2.45) is 0 Å². The first-order valence-corrected chi connectivity index (χ1v) is 7.96. The summed E-state index contributed by atoms with van der Waals surface area (Å²) in [5.74, 6) is -0.766. The maximum absolute atomic E-state index is 12.1. The summed E-state index contributed by atoms with van der Waals surface area (Å²) in [6, 6.07) is 7.17. The topological polar surface area (TPSA) is 90.0 Å². The molecule has 0 bridgehead atoms. The smallest absolute Gasteiger partial charge is 0.277 e. The summed E-state index contributed by atoms with van der Waals surface area (Å²) < 4.78 is 0. The Bertz CT molecular complexity index is 696. The van der Waals surface area contributed by atoms with Gasteiger partial charge in [0.1, 0.15) is 5.70 Å². The number of amides is 3. The fourth-order valence-corrected chi connectivity index (χ4v) is 2.87. The molecule has 2 heterocycles. The lowest BCUT2D eigenvalue weighted by molar-refractivity contribution is -0.137. The van der Waals surface area contributed by atoms with E-state index in [0.29, 0.717) is 12.1 Å². The fourth-order valence-electron chi connectivity index (χ4n) is 2.87. The highest BCUT2D eigenvalue weighted by Gasteiger charge is 2.30. The zero-order valence-corrected chi connectivity index (χ0v) is 13.2. The molecule has 3 amide bonds. The van der Waals surface area contributed by atoms with E-state index >= 15 is 0 Å². The van der Waals surface area contributed by atoms with Crippen molar-refractivity contribution in [2.75, 3.05) is 29.9 Å². The van der Waals surface area contributed by atoms with E-state index in [-0.39, 0.29) is 24.8 Å². The molecule has 1 aromatic carbocycles. The van der Waals surface area contributed by atoms with E-state index in [1.807, 2.05) is 12.1 Å². The minimum atomic E-state index is -0.454. The molecule has 0 spiro atoms. The molecule has 24 heavy (non-hydrogen) atoms. The number of hydrogen-bond acceptors (Lipinski definition) is 5. The Balaban J connectivity index is 1.69. The highest BCUT2D eigenvalue weighted by Crippen LogP contribution is 2.24. The number of aliphatic hydroxyl groups excluding tert-OH is 1. The molecule has 7 nitrogen and oxygen atoms in total. The molecule has 0 aliphatic carbocycles. The average molecular weight is 329 g/mol. The standard InChI is InChI=1S/C17H19N3O4/c21-10-9-20-16(23)11-14(17(20)24)18-12-4-6-13(7-5-12)19-8-2-1-3-15(19)22/h4-7,11,18,21H,1-3,8-10H2. The summed E-state index contributed by atoms with van der Waals surface area (Å²) in [7, 11) is 0. The van der Waals surface area contributed by atoms with Gasteiger partial charge >= 0.3 is 0 Å². The summed E-state index contributed by atoms with van der Waals surface area (Å²) >= 11 is 0. The van der Waals surface area contributed by atoms with Crippen LogP contribution in [0.3, 0.4) is 0 Å². The molecule has 2 N–H and O–H groups in total. The molecule has 1 fully saturated rings. The van der Waals surface area contributed by atoms with Gasteiger partial charge in [0, 0.05) is 30.4 Å². The van der Waals surface area contributed by atoms with Gasteiger partial charge in [-0.25, -0.2) is 0 Å². The molecule has 1 aromatic rings. The zero-order chi connectivity index (χ0) is 17.1. The van der Waals surface area contributed by atoms with Crippen LogP contribution in [0.25, 0.3) is 0 Å². The van der Waals surface area contributed by atoms with Crippen LogP contribution in [0.15, 0.2) is 36.0 Å². The van der Waals surface area contributed by atoms with Crippen molar-refractivity contribution in [3.8, 4) is 0 Å². The lowest BCUT2D eigenvalue weighted by Crippen LogP contribution is -2.35. The number of piperidine rings is 1. The van der Waals surface area contributed by atoms with Crippen molar-refractivity contribution in [3.63, 3.8) is 0 Å². The number of benzene rings is 1. The number of imide groups is 1. The molecule has 2 aliphatic rings.